The summed E-state index contributed by atoms with van der Waals surface area (Å²) in [6, 6.07) is 15.1. The fourth-order valence-electron chi connectivity index (χ4n) is 3.26. The third-order valence-corrected chi connectivity index (χ3v) is 5.63. The number of alkyl halides is 3. The Bertz CT molecular complexity index is 1410. The van der Waals surface area contributed by atoms with E-state index in [0.29, 0.717) is 27.1 Å². The molecular formula is C27H20BrF3N2O5. The Kier molecular flexibility index (Phi) is 9.15. The van der Waals surface area contributed by atoms with Crippen LogP contribution in [0.2, 0.25) is 0 Å². The molecule has 0 unspecified atom stereocenters. The van der Waals surface area contributed by atoms with E-state index >= 15 is 0 Å². The monoisotopic (exact) mass is 588 g/mol. The lowest BCUT2D eigenvalue weighted by atomic mass is 10.1. The molecule has 196 valence electrons. The number of hydrogen-bond acceptors (Lipinski definition) is 5. The zero-order valence-corrected chi connectivity index (χ0v) is 21.4. The van der Waals surface area contributed by atoms with Crippen molar-refractivity contribution < 1.29 is 37.3 Å². The van der Waals surface area contributed by atoms with E-state index in [1.807, 2.05) is 0 Å². The van der Waals surface area contributed by atoms with E-state index in [1.54, 1.807) is 37.3 Å². The molecule has 3 aromatic carbocycles. The summed E-state index contributed by atoms with van der Waals surface area (Å²) in [5, 5.41) is 20.8. The average molecular weight is 589 g/mol. The second-order valence-corrected chi connectivity index (χ2v) is 8.61. The number of anilines is 1. The molecular weight excluding hydrogens is 569 g/mol. The smallest absolute Gasteiger partial charge is 0.416 e. The lowest BCUT2D eigenvalue weighted by Crippen LogP contribution is -2.14. The molecule has 0 aromatic heterocycles. The highest BCUT2D eigenvalue weighted by molar-refractivity contribution is 9.10. The molecule has 0 aliphatic rings. The number of carbonyl (C=O) groups excluding carboxylic acids is 1. The summed E-state index contributed by atoms with van der Waals surface area (Å²) in [5.41, 5.74) is -0.130. The summed E-state index contributed by atoms with van der Waals surface area (Å²) < 4.78 is 50.9. The Morgan fingerprint density at radius 3 is 2.42 bits per heavy atom. The van der Waals surface area contributed by atoms with Crippen molar-refractivity contribution in [1.29, 1.82) is 5.26 Å². The lowest BCUT2D eigenvalue weighted by molar-refractivity contribution is -0.137. The maximum atomic E-state index is 13.0. The van der Waals surface area contributed by atoms with Gasteiger partial charge in [0, 0.05) is 5.69 Å². The van der Waals surface area contributed by atoms with E-state index in [-0.39, 0.29) is 30.0 Å². The quantitative estimate of drug-likeness (QED) is 0.213. The Balaban J connectivity index is 1.82. The number of carboxylic acid groups (broad SMARTS) is 1. The summed E-state index contributed by atoms with van der Waals surface area (Å²) >= 11 is 3.40. The molecule has 7 nitrogen and oxygen atoms in total. The molecule has 1 amide bonds. The second kappa shape index (κ2) is 12.3. The van der Waals surface area contributed by atoms with Crippen LogP contribution >= 0.6 is 15.9 Å². The highest BCUT2D eigenvalue weighted by Crippen LogP contribution is 2.38. The third kappa shape index (κ3) is 7.36. The van der Waals surface area contributed by atoms with E-state index in [1.165, 1.54) is 24.3 Å². The van der Waals surface area contributed by atoms with Crippen LogP contribution in [0, 0.1) is 11.3 Å². The first-order valence-corrected chi connectivity index (χ1v) is 11.8. The molecule has 0 bridgehead atoms. The van der Waals surface area contributed by atoms with Crippen molar-refractivity contribution in [3.05, 3.63) is 93.0 Å². The van der Waals surface area contributed by atoms with Gasteiger partial charge in [0.2, 0.25) is 0 Å². The van der Waals surface area contributed by atoms with Crippen LogP contribution in [0.3, 0.4) is 0 Å². The van der Waals surface area contributed by atoms with Crippen LogP contribution in [0.25, 0.3) is 6.08 Å². The topological polar surface area (TPSA) is 109 Å². The SMILES string of the molecule is CCOc1cc(/C=C(\C#N)C(=O)Nc2cccc(C(F)(F)F)c2)cc(Br)c1OCc1ccc(C(=O)O)cc1. The minimum Gasteiger partial charge on any atom is -0.490 e. The number of aromatic carboxylic acids is 1. The van der Waals surface area contributed by atoms with Crippen LogP contribution in [-0.4, -0.2) is 23.6 Å². The van der Waals surface area contributed by atoms with E-state index in [0.717, 1.165) is 18.2 Å². The van der Waals surface area contributed by atoms with Crippen LogP contribution in [0.1, 0.15) is 34.0 Å². The Morgan fingerprint density at radius 1 is 1.11 bits per heavy atom. The summed E-state index contributed by atoms with van der Waals surface area (Å²) in [6.45, 7) is 2.15. The van der Waals surface area contributed by atoms with Gasteiger partial charge in [0.25, 0.3) is 5.91 Å². The zero-order chi connectivity index (χ0) is 27.9. The lowest BCUT2D eigenvalue weighted by Gasteiger charge is -2.15. The molecule has 0 spiro atoms. The van der Waals surface area contributed by atoms with Crippen molar-refractivity contribution in [2.45, 2.75) is 19.7 Å². The number of carboxylic acids is 1. The highest BCUT2D eigenvalue weighted by atomic mass is 79.9. The van der Waals surface area contributed by atoms with Gasteiger partial charge in [-0.15, -0.1) is 0 Å². The molecule has 0 saturated heterocycles. The number of benzene rings is 3. The van der Waals surface area contributed by atoms with Gasteiger partial charge < -0.3 is 19.9 Å². The van der Waals surface area contributed by atoms with Gasteiger partial charge in [0.15, 0.2) is 11.5 Å². The van der Waals surface area contributed by atoms with Gasteiger partial charge in [0.05, 0.1) is 22.2 Å². The largest absolute Gasteiger partial charge is 0.490 e. The predicted octanol–water partition coefficient (Wildman–Crippen LogP) is 6.69. The predicted molar refractivity (Wildman–Crippen MR) is 137 cm³/mol. The van der Waals surface area contributed by atoms with E-state index in [4.69, 9.17) is 14.6 Å². The molecule has 0 fully saturated rings. The van der Waals surface area contributed by atoms with E-state index in [9.17, 15) is 28.0 Å². The van der Waals surface area contributed by atoms with Crippen molar-refractivity contribution in [1.82, 2.24) is 0 Å². The van der Waals surface area contributed by atoms with E-state index in [2.05, 4.69) is 21.2 Å². The van der Waals surface area contributed by atoms with Crippen LogP contribution < -0.4 is 14.8 Å². The van der Waals surface area contributed by atoms with Gasteiger partial charge in [-0.05, 0) is 82.5 Å². The van der Waals surface area contributed by atoms with Crippen molar-refractivity contribution in [3.8, 4) is 17.6 Å². The van der Waals surface area contributed by atoms with Gasteiger partial charge in [-0.2, -0.15) is 18.4 Å². The molecule has 0 atom stereocenters. The molecule has 11 heteroatoms. The Hall–Kier alpha value is -4.30. The van der Waals surface area contributed by atoms with Crippen LogP contribution in [0.15, 0.2) is 70.7 Å². The number of halogens is 4. The minimum absolute atomic E-state index is 0.108. The number of nitriles is 1. The number of ether oxygens (including phenoxy) is 2. The second-order valence-electron chi connectivity index (χ2n) is 7.76. The molecule has 0 saturated carbocycles. The normalized spacial score (nSPS) is 11.4. The number of nitrogens with zero attached hydrogens (tertiary/aromatic N) is 1. The standard InChI is InChI=1S/C27H20BrF3N2O5/c1-2-37-23-12-17(11-22(28)24(23)38-15-16-6-8-18(9-7-16)26(35)36)10-19(14-32)25(34)33-21-5-3-4-20(13-21)27(29,30)31/h3-13H,2,15H2,1H3,(H,33,34)(H,35,36)/b19-10+. The first kappa shape index (κ1) is 28.3. The summed E-state index contributed by atoms with van der Waals surface area (Å²) in [5.74, 6) is -1.27. The number of rotatable bonds is 9. The molecule has 0 aliphatic carbocycles. The number of nitrogens with one attached hydrogen (secondary N) is 1. The molecule has 2 N–H and O–H groups in total. The van der Waals surface area contributed by atoms with Crippen molar-refractivity contribution in [2.24, 2.45) is 0 Å². The zero-order valence-electron chi connectivity index (χ0n) is 19.8. The maximum Gasteiger partial charge on any atom is 0.416 e. The Labute approximate surface area is 224 Å². The fourth-order valence-corrected chi connectivity index (χ4v) is 3.83. The molecule has 0 radical (unpaired) electrons. The molecule has 0 aliphatic heterocycles. The number of amides is 1. The first-order valence-electron chi connectivity index (χ1n) is 11.0. The van der Waals surface area contributed by atoms with E-state index < -0.39 is 23.6 Å². The highest BCUT2D eigenvalue weighted by Gasteiger charge is 2.30. The molecule has 38 heavy (non-hydrogen) atoms. The number of hydrogen-bond donors (Lipinski definition) is 2. The summed E-state index contributed by atoms with van der Waals surface area (Å²) in [7, 11) is 0. The third-order valence-electron chi connectivity index (χ3n) is 5.04. The molecule has 3 aromatic rings. The fraction of sp³-hybridized carbons (Fsp3) is 0.148. The molecule has 3 rings (SSSR count). The summed E-state index contributed by atoms with van der Waals surface area (Å²) in [4.78, 5) is 23.6. The van der Waals surface area contributed by atoms with Crippen molar-refractivity contribution in [3.63, 3.8) is 0 Å². The minimum atomic E-state index is -4.58. The van der Waals surface area contributed by atoms with Crippen LogP contribution in [0.4, 0.5) is 18.9 Å². The van der Waals surface area contributed by atoms with Gasteiger partial charge >= 0.3 is 12.1 Å². The van der Waals surface area contributed by atoms with Gasteiger partial charge in [-0.3, -0.25) is 4.79 Å². The van der Waals surface area contributed by atoms with Crippen molar-refractivity contribution >= 4 is 39.6 Å². The van der Waals surface area contributed by atoms with Gasteiger partial charge in [-0.25, -0.2) is 4.79 Å². The van der Waals surface area contributed by atoms with Crippen molar-refractivity contribution in [2.75, 3.05) is 11.9 Å². The molecule has 0 heterocycles. The van der Waals surface area contributed by atoms with Crippen LogP contribution in [0.5, 0.6) is 11.5 Å². The average Bonchev–Trinajstić information content (AvgIpc) is 2.86. The van der Waals surface area contributed by atoms with Gasteiger partial charge in [-0.1, -0.05) is 18.2 Å². The first-order chi connectivity index (χ1) is 18.0. The Morgan fingerprint density at radius 2 is 1.82 bits per heavy atom. The van der Waals surface area contributed by atoms with Gasteiger partial charge in [0.1, 0.15) is 18.2 Å². The summed E-state index contributed by atoms with van der Waals surface area (Å²) in [6.07, 6.45) is -3.31. The van der Waals surface area contributed by atoms with Crippen LogP contribution in [-0.2, 0) is 17.6 Å². The number of carbonyl (C=O) groups is 2. The maximum absolute atomic E-state index is 13.0.